The molecule has 5 nitrogen and oxygen atoms in total. The van der Waals surface area contributed by atoms with Gasteiger partial charge in [0, 0.05) is 6.04 Å². The van der Waals surface area contributed by atoms with Gasteiger partial charge in [-0.25, -0.2) is 9.97 Å². The highest BCUT2D eigenvalue weighted by Gasteiger charge is 2.16. The first-order valence-electron chi connectivity index (χ1n) is 7.62. The standard InChI is InChI=1S/C16H20ClN5/c17-12-8-4-5-9-13(12)22-16-14(18)15(19-10-20-16)21-11-6-2-1-3-7-11/h4-5,8-11H,1-3,6-7,18H2,(H2,19,20,21,22). The van der Waals surface area contributed by atoms with E-state index in [1.54, 1.807) is 0 Å². The Kier molecular flexibility index (Phi) is 4.63. The van der Waals surface area contributed by atoms with Crippen LogP contribution in [0.25, 0.3) is 0 Å². The van der Waals surface area contributed by atoms with Gasteiger partial charge in [0.2, 0.25) is 0 Å². The maximum Gasteiger partial charge on any atom is 0.159 e. The average Bonchev–Trinajstić information content (AvgIpc) is 2.54. The zero-order valence-corrected chi connectivity index (χ0v) is 13.1. The topological polar surface area (TPSA) is 75.9 Å². The SMILES string of the molecule is Nc1c(Nc2ccccc2Cl)ncnc1NC1CCCCC1. The molecule has 6 heteroatoms. The van der Waals surface area contributed by atoms with Gasteiger partial charge in [0.1, 0.15) is 12.0 Å². The van der Waals surface area contributed by atoms with E-state index in [0.717, 1.165) is 18.5 Å². The Morgan fingerprint density at radius 1 is 1.05 bits per heavy atom. The van der Waals surface area contributed by atoms with Crippen LogP contribution in [0.4, 0.5) is 23.0 Å². The number of hydrogen-bond donors (Lipinski definition) is 3. The van der Waals surface area contributed by atoms with E-state index in [1.165, 1.54) is 25.6 Å². The minimum atomic E-state index is 0.444. The Balaban J connectivity index is 1.78. The molecule has 1 aromatic carbocycles. The summed E-state index contributed by atoms with van der Waals surface area (Å²) in [5.74, 6) is 1.26. The molecule has 3 rings (SSSR count). The molecule has 0 spiro atoms. The highest BCUT2D eigenvalue weighted by molar-refractivity contribution is 6.33. The molecule has 1 aromatic heterocycles. The molecule has 0 bridgehead atoms. The average molecular weight is 318 g/mol. The number of rotatable bonds is 4. The van der Waals surface area contributed by atoms with E-state index in [-0.39, 0.29) is 0 Å². The lowest BCUT2D eigenvalue weighted by Gasteiger charge is -2.24. The fraction of sp³-hybridized carbons (Fsp3) is 0.375. The first kappa shape index (κ1) is 14.9. The van der Waals surface area contributed by atoms with E-state index in [4.69, 9.17) is 17.3 Å². The Labute approximate surface area is 135 Å². The summed E-state index contributed by atoms with van der Waals surface area (Å²) in [6.07, 6.45) is 7.67. The Morgan fingerprint density at radius 2 is 1.77 bits per heavy atom. The largest absolute Gasteiger partial charge is 0.393 e. The number of halogens is 1. The van der Waals surface area contributed by atoms with E-state index in [9.17, 15) is 0 Å². The number of hydrogen-bond acceptors (Lipinski definition) is 5. The van der Waals surface area contributed by atoms with Crippen molar-refractivity contribution in [2.45, 2.75) is 38.1 Å². The highest BCUT2D eigenvalue weighted by atomic mass is 35.5. The summed E-state index contributed by atoms with van der Waals surface area (Å²) >= 11 is 6.16. The quantitative estimate of drug-likeness (QED) is 0.788. The number of para-hydroxylation sites is 1. The van der Waals surface area contributed by atoms with Gasteiger partial charge in [-0.3, -0.25) is 0 Å². The molecule has 0 atom stereocenters. The third kappa shape index (κ3) is 3.42. The maximum atomic E-state index is 6.21. The molecule has 0 saturated heterocycles. The minimum Gasteiger partial charge on any atom is -0.393 e. The molecule has 1 fully saturated rings. The molecule has 4 N–H and O–H groups in total. The van der Waals surface area contributed by atoms with Crippen molar-refractivity contribution in [3.63, 3.8) is 0 Å². The fourth-order valence-electron chi connectivity index (χ4n) is 2.74. The Hall–Kier alpha value is -2.01. The van der Waals surface area contributed by atoms with E-state index < -0.39 is 0 Å². The van der Waals surface area contributed by atoms with Crippen LogP contribution in [-0.2, 0) is 0 Å². The molecule has 0 aliphatic heterocycles. The summed E-state index contributed by atoms with van der Waals surface area (Å²) in [7, 11) is 0. The van der Waals surface area contributed by atoms with E-state index >= 15 is 0 Å². The van der Waals surface area contributed by atoms with Crippen molar-refractivity contribution in [1.29, 1.82) is 0 Å². The number of nitrogen functional groups attached to an aromatic ring is 1. The molecule has 1 aliphatic carbocycles. The van der Waals surface area contributed by atoms with Crippen LogP contribution in [0.1, 0.15) is 32.1 Å². The van der Waals surface area contributed by atoms with Crippen molar-refractivity contribution in [1.82, 2.24) is 9.97 Å². The second kappa shape index (κ2) is 6.83. The fourth-order valence-corrected chi connectivity index (χ4v) is 2.92. The second-order valence-electron chi connectivity index (χ2n) is 5.57. The molecule has 1 aliphatic rings. The molecular formula is C16H20ClN5. The number of nitrogens with two attached hydrogens (primary N) is 1. The van der Waals surface area contributed by atoms with Gasteiger partial charge in [0.25, 0.3) is 0 Å². The first-order valence-corrected chi connectivity index (χ1v) is 8.00. The van der Waals surface area contributed by atoms with Crippen LogP contribution in [0, 0.1) is 0 Å². The summed E-state index contributed by atoms with van der Waals surface area (Å²) in [6.45, 7) is 0. The van der Waals surface area contributed by atoms with Gasteiger partial charge >= 0.3 is 0 Å². The maximum absolute atomic E-state index is 6.21. The molecule has 0 amide bonds. The van der Waals surface area contributed by atoms with Crippen LogP contribution in [-0.4, -0.2) is 16.0 Å². The van der Waals surface area contributed by atoms with Crippen LogP contribution < -0.4 is 16.4 Å². The molecule has 2 aromatic rings. The van der Waals surface area contributed by atoms with Crippen molar-refractivity contribution in [2.75, 3.05) is 16.4 Å². The molecule has 116 valence electrons. The Bertz CT molecular complexity index is 640. The number of benzene rings is 1. The number of nitrogens with one attached hydrogen (secondary N) is 2. The van der Waals surface area contributed by atoms with E-state index in [0.29, 0.717) is 28.4 Å². The lowest BCUT2D eigenvalue weighted by molar-refractivity contribution is 0.462. The zero-order valence-electron chi connectivity index (χ0n) is 12.3. The van der Waals surface area contributed by atoms with Gasteiger partial charge in [-0.2, -0.15) is 0 Å². The van der Waals surface area contributed by atoms with Crippen LogP contribution in [0.5, 0.6) is 0 Å². The summed E-state index contributed by atoms with van der Waals surface area (Å²) in [5.41, 5.74) is 7.50. The van der Waals surface area contributed by atoms with Gasteiger partial charge in [0.15, 0.2) is 11.6 Å². The van der Waals surface area contributed by atoms with Crippen molar-refractivity contribution in [2.24, 2.45) is 0 Å². The molecule has 1 saturated carbocycles. The smallest absolute Gasteiger partial charge is 0.159 e. The molecule has 1 heterocycles. The van der Waals surface area contributed by atoms with Gasteiger partial charge in [-0.05, 0) is 25.0 Å². The lowest BCUT2D eigenvalue weighted by Crippen LogP contribution is -2.23. The second-order valence-corrected chi connectivity index (χ2v) is 5.98. The lowest BCUT2D eigenvalue weighted by atomic mass is 9.95. The summed E-state index contributed by atoms with van der Waals surface area (Å²) < 4.78 is 0. The van der Waals surface area contributed by atoms with E-state index in [1.807, 2.05) is 24.3 Å². The summed E-state index contributed by atoms with van der Waals surface area (Å²) in [5, 5.41) is 7.24. The number of nitrogens with zero attached hydrogens (tertiary/aromatic N) is 2. The normalized spacial score (nSPS) is 15.5. The first-order chi connectivity index (χ1) is 10.7. The van der Waals surface area contributed by atoms with Crippen LogP contribution in [0.3, 0.4) is 0 Å². The monoisotopic (exact) mass is 317 g/mol. The van der Waals surface area contributed by atoms with Crippen molar-refractivity contribution < 1.29 is 0 Å². The predicted octanol–water partition coefficient (Wildman–Crippen LogP) is 4.20. The molecule has 0 unspecified atom stereocenters. The zero-order chi connectivity index (χ0) is 15.4. The summed E-state index contributed by atoms with van der Waals surface area (Å²) in [4.78, 5) is 8.50. The highest BCUT2D eigenvalue weighted by Crippen LogP contribution is 2.30. The van der Waals surface area contributed by atoms with Crippen molar-refractivity contribution in [3.05, 3.63) is 35.6 Å². The molecular weight excluding hydrogens is 298 g/mol. The number of aromatic nitrogens is 2. The van der Waals surface area contributed by atoms with Crippen molar-refractivity contribution >= 4 is 34.6 Å². The molecule has 0 radical (unpaired) electrons. The van der Waals surface area contributed by atoms with Gasteiger partial charge < -0.3 is 16.4 Å². The summed E-state index contributed by atoms with van der Waals surface area (Å²) in [6, 6.07) is 7.94. The Morgan fingerprint density at radius 3 is 2.55 bits per heavy atom. The predicted molar refractivity (Wildman–Crippen MR) is 91.7 cm³/mol. The number of anilines is 4. The van der Waals surface area contributed by atoms with Gasteiger partial charge in [0.05, 0.1) is 10.7 Å². The van der Waals surface area contributed by atoms with Crippen molar-refractivity contribution in [3.8, 4) is 0 Å². The van der Waals surface area contributed by atoms with Gasteiger partial charge in [-0.1, -0.05) is 43.0 Å². The van der Waals surface area contributed by atoms with Crippen LogP contribution in [0.15, 0.2) is 30.6 Å². The van der Waals surface area contributed by atoms with E-state index in [2.05, 4.69) is 20.6 Å². The van der Waals surface area contributed by atoms with Gasteiger partial charge in [-0.15, -0.1) is 0 Å². The van der Waals surface area contributed by atoms with Crippen LogP contribution >= 0.6 is 11.6 Å². The molecule has 22 heavy (non-hydrogen) atoms. The third-order valence-electron chi connectivity index (χ3n) is 3.96. The van der Waals surface area contributed by atoms with Crippen LogP contribution in [0.2, 0.25) is 5.02 Å². The minimum absolute atomic E-state index is 0.444. The third-order valence-corrected chi connectivity index (χ3v) is 4.29.